The first-order chi connectivity index (χ1) is 10.5. The van der Waals surface area contributed by atoms with Gasteiger partial charge in [0.1, 0.15) is 0 Å². The Morgan fingerprint density at radius 1 is 1.35 bits per heavy atom. The van der Waals surface area contributed by atoms with Crippen molar-refractivity contribution in [3.05, 3.63) is 29.8 Å². The first-order valence-electron chi connectivity index (χ1n) is 8.44. The average Bonchev–Trinajstić information content (AvgIpc) is 2.49. The lowest BCUT2D eigenvalue weighted by Gasteiger charge is -2.29. The number of nitrogens with two attached hydrogens (primary N) is 1. The molecule has 130 valence electrons. The van der Waals surface area contributed by atoms with E-state index in [0.29, 0.717) is 11.9 Å². The normalized spacial score (nSPS) is 17.1. The van der Waals surface area contributed by atoms with Crippen LogP contribution in [0.4, 0.5) is 5.69 Å². The molecule has 0 bridgehead atoms. The molecule has 1 aliphatic rings. The second-order valence-electron chi connectivity index (χ2n) is 6.70. The predicted octanol–water partition coefficient (Wildman–Crippen LogP) is 3.89. The number of nitrogens with zero attached hydrogens (tertiary/aromatic N) is 2. The average molecular weight is 430 g/mol. The maximum Gasteiger partial charge on any atom is 0.193 e. The number of rotatable bonds is 5. The summed E-state index contributed by atoms with van der Waals surface area (Å²) in [6, 6.07) is 8.36. The van der Waals surface area contributed by atoms with Crippen molar-refractivity contribution in [3.8, 4) is 0 Å². The summed E-state index contributed by atoms with van der Waals surface area (Å²) >= 11 is 0. The first-order valence-corrected chi connectivity index (χ1v) is 8.44. The second kappa shape index (κ2) is 10.1. The van der Waals surface area contributed by atoms with Gasteiger partial charge in [-0.25, -0.2) is 0 Å². The summed E-state index contributed by atoms with van der Waals surface area (Å²) in [7, 11) is 0. The Kier molecular flexibility index (Phi) is 8.91. The number of hydrogen-bond acceptors (Lipinski definition) is 2. The highest BCUT2D eigenvalue weighted by molar-refractivity contribution is 14.0. The van der Waals surface area contributed by atoms with Crippen LogP contribution in [0.2, 0.25) is 0 Å². The molecular weight excluding hydrogens is 399 g/mol. The molecule has 23 heavy (non-hydrogen) atoms. The van der Waals surface area contributed by atoms with E-state index < -0.39 is 0 Å². The summed E-state index contributed by atoms with van der Waals surface area (Å²) in [6.07, 6.45) is 2.61. The number of aliphatic imine (C=N–C) groups is 1. The molecular formula is C18H31IN4. The van der Waals surface area contributed by atoms with E-state index in [1.165, 1.54) is 31.5 Å². The minimum atomic E-state index is 0. The van der Waals surface area contributed by atoms with Crippen LogP contribution in [0.5, 0.6) is 0 Å². The molecule has 0 radical (unpaired) electrons. The van der Waals surface area contributed by atoms with Gasteiger partial charge in [-0.3, -0.25) is 4.99 Å². The van der Waals surface area contributed by atoms with Crippen LogP contribution in [-0.4, -0.2) is 37.0 Å². The van der Waals surface area contributed by atoms with Gasteiger partial charge in [-0.15, -0.1) is 24.0 Å². The van der Waals surface area contributed by atoms with Crippen LogP contribution in [0.3, 0.4) is 0 Å². The monoisotopic (exact) mass is 430 g/mol. The van der Waals surface area contributed by atoms with Crippen LogP contribution < -0.4 is 11.1 Å². The van der Waals surface area contributed by atoms with Crippen LogP contribution in [0.25, 0.3) is 0 Å². The molecule has 3 N–H and O–H groups in total. The van der Waals surface area contributed by atoms with Crippen molar-refractivity contribution in [2.45, 2.75) is 39.5 Å². The Bertz CT molecular complexity index is 494. The van der Waals surface area contributed by atoms with Crippen molar-refractivity contribution < 1.29 is 0 Å². The van der Waals surface area contributed by atoms with Gasteiger partial charge in [0, 0.05) is 12.2 Å². The third-order valence-electron chi connectivity index (χ3n) is 4.40. The highest BCUT2D eigenvalue weighted by Gasteiger charge is 2.14. The molecule has 1 aromatic rings. The first kappa shape index (κ1) is 20.2. The Balaban J connectivity index is 0.00000264. The molecule has 0 aromatic heterocycles. The van der Waals surface area contributed by atoms with E-state index in [-0.39, 0.29) is 24.0 Å². The van der Waals surface area contributed by atoms with Crippen molar-refractivity contribution in [1.82, 2.24) is 4.90 Å². The zero-order chi connectivity index (χ0) is 15.9. The topological polar surface area (TPSA) is 53.6 Å². The number of likely N-dealkylation sites (tertiary alicyclic amines) is 1. The van der Waals surface area contributed by atoms with Gasteiger partial charge in [0.25, 0.3) is 0 Å². The zero-order valence-corrected chi connectivity index (χ0v) is 16.9. The van der Waals surface area contributed by atoms with Crippen molar-refractivity contribution in [2.24, 2.45) is 16.6 Å². The largest absolute Gasteiger partial charge is 0.370 e. The Morgan fingerprint density at radius 2 is 2.04 bits per heavy atom. The number of anilines is 1. The summed E-state index contributed by atoms with van der Waals surface area (Å²) in [5.74, 6) is 1.90. The minimum absolute atomic E-state index is 0. The molecule has 2 rings (SSSR count). The molecule has 1 aliphatic heterocycles. The van der Waals surface area contributed by atoms with E-state index in [2.05, 4.69) is 54.2 Å². The van der Waals surface area contributed by atoms with E-state index in [1.807, 2.05) is 6.07 Å². The minimum Gasteiger partial charge on any atom is -0.370 e. The van der Waals surface area contributed by atoms with Crippen LogP contribution in [0.1, 0.15) is 45.1 Å². The molecule has 5 heteroatoms. The Morgan fingerprint density at radius 3 is 2.70 bits per heavy atom. The third kappa shape index (κ3) is 7.08. The summed E-state index contributed by atoms with van der Waals surface area (Å²) in [4.78, 5) is 6.93. The quantitative estimate of drug-likeness (QED) is 0.424. The van der Waals surface area contributed by atoms with Crippen molar-refractivity contribution in [3.63, 3.8) is 0 Å². The molecule has 0 saturated carbocycles. The summed E-state index contributed by atoms with van der Waals surface area (Å²) < 4.78 is 0. The lowest BCUT2D eigenvalue weighted by Crippen LogP contribution is -2.35. The van der Waals surface area contributed by atoms with Gasteiger partial charge in [0.15, 0.2) is 5.96 Å². The smallest absolute Gasteiger partial charge is 0.193 e. The highest BCUT2D eigenvalue weighted by Crippen LogP contribution is 2.18. The van der Waals surface area contributed by atoms with Crippen LogP contribution >= 0.6 is 24.0 Å². The fraction of sp³-hybridized carbons (Fsp3) is 0.611. The third-order valence-corrected chi connectivity index (χ3v) is 4.40. The van der Waals surface area contributed by atoms with Gasteiger partial charge in [-0.05, 0) is 55.5 Å². The van der Waals surface area contributed by atoms with Gasteiger partial charge in [-0.2, -0.15) is 0 Å². The number of nitrogens with one attached hydrogen (secondary N) is 1. The van der Waals surface area contributed by atoms with E-state index in [0.717, 1.165) is 24.7 Å². The number of piperidine rings is 1. The van der Waals surface area contributed by atoms with Gasteiger partial charge in [0.05, 0.1) is 6.54 Å². The Hall–Kier alpha value is -0.820. The lowest BCUT2D eigenvalue weighted by molar-refractivity contribution is 0.197. The fourth-order valence-electron chi connectivity index (χ4n) is 2.76. The SMILES string of the molecule is CC1CCN(CCN=C(N)Nc2cccc(C(C)C)c2)CC1.I. The predicted molar refractivity (Wildman–Crippen MR) is 111 cm³/mol. The van der Waals surface area contributed by atoms with Crippen LogP contribution in [0, 0.1) is 5.92 Å². The number of hydrogen-bond donors (Lipinski definition) is 2. The molecule has 0 unspecified atom stereocenters. The maximum atomic E-state index is 5.99. The van der Waals surface area contributed by atoms with E-state index in [9.17, 15) is 0 Å². The molecule has 0 amide bonds. The van der Waals surface area contributed by atoms with E-state index in [1.54, 1.807) is 0 Å². The van der Waals surface area contributed by atoms with Gasteiger partial charge in [0.2, 0.25) is 0 Å². The van der Waals surface area contributed by atoms with Gasteiger partial charge in [-0.1, -0.05) is 32.9 Å². The molecule has 4 nitrogen and oxygen atoms in total. The number of guanidine groups is 1. The van der Waals surface area contributed by atoms with E-state index in [4.69, 9.17) is 5.73 Å². The fourth-order valence-corrected chi connectivity index (χ4v) is 2.76. The van der Waals surface area contributed by atoms with Crippen molar-refractivity contribution in [1.29, 1.82) is 0 Å². The van der Waals surface area contributed by atoms with Gasteiger partial charge < -0.3 is 16.0 Å². The van der Waals surface area contributed by atoms with Crippen molar-refractivity contribution in [2.75, 3.05) is 31.5 Å². The van der Waals surface area contributed by atoms with Gasteiger partial charge >= 0.3 is 0 Å². The van der Waals surface area contributed by atoms with Crippen molar-refractivity contribution >= 4 is 35.6 Å². The second-order valence-corrected chi connectivity index (χ2v) is 6.70. The molecule has 0 spiro atoms. The summed E-state index contributed by atoms with van der Waals surface area (Å²) in [5, 5.41) is 3.19. The molecule has 1 heterocycles. The summed E-state index contributed by atoms with van der Waals surface area (Å²) in [6.45, 7) is 10.9. The van der Waals surface area contributed by atoms with Crippen LogP contribution in [0.15, 0.2) is 29.3 Å². The number of benzene rings is 1. The van der Waals surface area contributed by atoms with Crippen LogP contribution in [-0.2, 0) is 0 Å². The molecule has 1 fully saturated rings. The highest BCUT2D eigenvalue weighted by atomic mass is 127. The summed E-state index contributed by atoms with van der Waals surface area (Å²) in [5.41, 5.74) is 8.31. The number of halogens is 1. The molecule has 1 aromatic carbocycles. The maximum absolute atomic E-state index is 5.99. The lowest BCUT2D eigenvalue weighted by atomic mass is 9.99. The zero-order valence-electron chi connectivity index (χ0n) is 14.6. The van der Waals surface area contributed by atoms with E-state index >= 15 is 0 Å². The molecule has 0 atom stereocenters. The standard InChI is InChI=1S/C18H30N4.HI/c1-14(2)16-5-4-6-17(13-16)21-18(19)20-9-12-22-10-7-15(3)8-11-22;/h4-6,13-15H,7-12H2,1-3H3,(H3,19,20,21);1H. The Labute approximate surface area is 157 Å². The molecule has 1 saturated heterocycles. The molecule has 0 aliphatic carbocycles.